The van der Waals surface area contributed by atoms with Gasteiger partial charge in [-0.3, -0.25) is 4.79 Å². The Bertz CT molecular complexity index is 952. The number of hydrogen-bond acceptors (Lipinski definition) is 3. The van der Waals surface area contributed by atoms with Gasteiger partial charge >= 0.3 is 12.1 Å². The van der Waals surface area contributed by atoms with Gasteiger partial charge in [-0.2, -0.15) is 13.2 Å². The maximum Gasteiger partial charge on any atom is 0.471 e. The molecule has 1 aromatic carbocycles. The Morgan fingerprint density at radius 2 is 2.04 bits per heavy atom. The van der Waals surface area contributed by atoms with Gasteiger partial charge in [0.2, 0.25) is 5.28 Å². The molecule has 0 radical (unpaired) electrons. The number of carbonyl (C=O) groups is 1. The van der Waals surface area contributed by atoms with Crippen molar-refractivity contribution in [3.63, 3.8) is 0 Å². The molecule has 2 heterocycles. The first-order valence-electron chi connectivity index (χ1n) is 7.18. The number of nitrogens with one attached hydrogen (secondary N) is 1. The minimum atomic E-state index is -4.95. The number of amides is 1. The summed E-state index contributed by atoms with van der Waals surface area (Å²) >= 11 is 5.86. The number of para-hydroxylation sites is 1. The Hall–Kier alpha value is -2.61. The Morgan fingerprint density at radius 3 is 2.76 bits per heavy atom. The van der Waals surface area contributed by atoms with Crippen LogP contribution in [-0.4, -0.2) is 26.6 Å². The second kappa shape index (κ2) is 6.36. The number of nitrogens with zero attached hydrogens (tertiary/aromatic N) is 3. The van der Waals surface area contributed by atoms with Gasteiger partial charge in [0.1, 0.15) is 0 Å². The number of aryl methyl sites for hydroxylation is 1. The molecular weight excluding hydrogens is 357 g/mol. The quantitative estimate of drug-likeness (QED) is 0.720. The van der Waals surface area contributed by atoms with Crippen LogP contribution in [0.5, 0.6) is 0 Å². The zero-order valence-corrected chi connectivity index (χ0v) is 13.7. The van der Waals surface area contributed by atoms with Crippen LogP contribution in [0.3, 0.4) is 0 Å². The molecule has 9 heteroatoms. The lowest BCUT2D eigenvalue weighted by molar-refractivity contribution is -0.173. The third-order valence-corrected chi connectivity index (χ3v) is 3.87. The summed E-state index contributed by atoms with van der Waals surface area (Å²) in [4.78, 5) is 19.0. The van der Waals surface area contributed by atoms with Gasteiger partial charge in [0.05, 0.1) is 5.69 Å². The van der Waals surface area contributed by atoms with E-state index in [1.165, 1.54) is 6.20 Å². The molecule has 1 N–H and O–H groups in total. The predicted molar refractivity (Wildman–Crippen MR) is 86.9 cm³/mol. The number of aromatic nitrogens is 3. The smallest absolute Gasteiger partial charge is 0.350 e. The number of hydrogen-bond donors (Lipinski definition) is 1. The molecule has 5 nitrogen and oxygen atoms in total. The summed E-state index contributed by atoms with van der Waals surface area (Å²) in [5.41, 5.74) is 2.33. The SMILES string of the molecule is Cn1cc(-c2nc(Cl)ncc2CNC(=O)C(F)(F)F)c2ccccc21. The van der Waals surface area contributed by atoms with E-state index in [9.17, 15) is 18.0 Å². The molecule has 0 saturated carbocycles. The first-order valence-corrected chi connectivity index (χ1v) is 7.56. The maximum absolute atomic E-state index is 12.4. The molecule has 3 rings (SSSR count). The van der Waals surface area contributed by atoms with Crippen LogP contribution in [0.4, 0.5) is 13.2 Å². The highest BCUT2D eigenvalue weighted by Crippen LogP contribution is 2.31. The Labute approximate surface area is 145 Å². The van der Waals surface area contributed by atoms with Crippen molar-refractivity contribution in [2.75, 3.05) is 0 Å². The highest BCUT2D eigenvalue weighted by Gasteiger charge is 2.38. The number of rotatable bonds is 3. The van der Waals surface area contributed by atoms with E-state index < -0.39 is 12.1 Å². The van der Waals surface area contributed by atoms with Gasteiger partial charge in [-0.05, 0) is 17.7 Å². The van der Waals surface area contributed by atoms with Crippen molar-refractivity contribution in [2.24, 2.45) is 7.05 Å². The zero-order chi connectivity index (χ0) is 18.2. The fraction of sp³-hybridized carbons (Fsp3) is 0.188. The van der Waals surface area contributed by atoms with E-state index in [0.717, 1.165) is 10.9 Å². The normalized spacial score (nSPS) is 11.7. The molecule has 3 aromatic rings. The predicted octanol–water partition coefficient (Wildman–Crippen LogP) is 3.47. The second-order valence-corrected chi connectivity index (χ2v) is 5.70. The van der Waals surface area contributed by atoms with E-state index in [-0.39, 0.29) is 11.8 Å². The summed E-state index contributed by atoms with van der Waals surface area (Å²) in [6, 6.07) is 7.51. The average Bonchev–Trinajstić information content (AvgIpc) is 2.90. The first kappa shape index (κ1) is 17.2. The van der Waals surface area contributed by atoms with Crippen LogP contribution in [0.2, 0.25) is 5.28 Å². The molecule has 0 fully saturated rings. The van der Waals surface area contributed by atoms with E-state index in [1.807, 2.05) is 41.2 Å². The van der Waals surface area contributed by atoms with E-state index in [0.29, 0.717) is 16.8 Å². The average molecular weight is 369 g/mol. The van der Waals surface area contributed by atoms with Crippen molar-refractivity contribution in [1.29, 1.82) is 0 Å². The highest BCUT2D eigenvalue weighted by molar-refractivity contribution is 6.28. The molecule has 0 unspecified atom stereocenters. The Balaban J connectivity index is 2.04. The second-order valence-electron chi connectivity index (χ2n) is 5.36. The van der Waals surface area contributed by atoms with Gasteiger partial charge in [-0.15, -0.1) is 0 Å². The van der Waals surface area contributed by atoms with Crippen molar-refractivity contribution in [2.45, 2.75) is 12.7 Å². The van der Waals surface area contributed by atoms with Crippen LogP contribution < -0.4 is 5.32 Å². The lowest BCUT2D eigenvalue weighted by atomic mass is 10.1. The summed E-state index contributed by atoms with van der Waals surface area (Å²) in [6.45, 7) is -0.367. The first-order chi connectivity index (χ1) is 11.8. The standard InChI is InChI=1S/C16H12ClF3N4O/c1-24-8-11(10-4-2-3-5-12(10)24)13-9(7-22-15(17)23-13)6-21-14(25)16(18,19)20/h2-5,7-8H,6H2,1H3,(H,21,25). The molecule has 2 aromatic heterocycles. The molecule has 0 spiro atoms. The lowest BCUT2D eigenvalue weighted by Crippen LogP contribution is -2.36. The maximum atomic E-state index is 12.4. The summed E-state index contributed by atoms with van der Waals surface area (Å²) in [5, 5.41) is 2.66. The van der Waals surface area contributed by atoms with Gasteiger partial charge in [-0.25, -0.2) is 9.97 Å². The molecular formula is C16H12ClF3N4O. The number of carbonyl (C=O) groups excluding carboxylic acids is 1. The van der Waals surface area contributed by atoms with Gasteiger partial charge in [-0.1, -0.05) is 18.2 Å². The van der Waals surface area contributed by atoms with Crippen molar-refractivity contribution in [1.82, 2.24) is 19.9 Å². The third-order valence-electron chi connectivity index (χ3n) is 3.68. The fourth-order valence-electron chi connectivity index (χ4n) is 2.55. The Morgan fingerprint density at radius 1 is 1.32 bits per heavy atom. The minimum Gasteiger partial charge on any atom is -0.350 e. The molecule has 0 saturated heterocycles. The van der Waals surface area contributed by atoms with Crippen molar-refractivity contribution < 1.29 is 18.0 Å². The molecule has 0 aliphatic rings. The number of fused-ring (bicyclic) bond motifs is 1. The van der Waals surface area contributed by atoms with Crippen molar-refractivity contribution >= 4 is 28.4 Å². The highest BCUT2D eigenvalue weighted by atomic mass is 35.5. The lowest BCUT2D eigenvalue weighted by Gasteiger charge is -2.11. The van der Waals surface area contributed by atoms with Crippen LogP contribution in [0, 0.1) is 0 Å². The fourth-order valence-corrected chi connectivity index (χ4v) is 2.69. The summed E-state index contributed by atoms with van der Waals surface area (Å²) in [5.74, 6) is -2.02. The van der Waals surface area contributed by atoms with E-state index in [2.05, 4.69) is 9.97 Å². The van der Waals surface area contributed by atoms with Gasteiger partial charge in [0, 0.05) is 48.0 Å². The van der Waals surface area contributed by atoms with Crippen molar-refractivity contribution in [3.8, 4) is 11.3 Å². The third kappa shape index (κ3) is 3.43. The molecule has 0 bridgehead atoms. The van der Waals surface area contributed by atoms with E-state index >= 15 is 0 Å². The molecule has 130 valence electrons. The molecule has 1 amide bonds. The summed E-state index contributed by atoms with van der Waals surface area (Å²) < 4.78 is 39.0. The largest absolute Gasteiger partial charge is 0.471 e. The van der Waals surface area contributed by atoms with Crippen LogP contribution in [0.1, 0.15) is 5.56 Å². The van der Waals surface area contributed by atoms with Crippen molar-refractivity contribution in [3.05, 3.63) is 47.5 Å². The van der Waals surface area contributed by atoms with Crippen LogP contribution in [0.25, 0.3) is 22.2 Å². The minimum absolute atomic E-state index is 0.0335. The van der Waals surface area contributed by atoms with Gasteiger partial charge in [0.15, 0.2) is 0 Å². The summed E-state index contributed by atoms with van der Waals surface area (Å²) in [7, 11) is 1.85. The van der Waals surface area contributed by atoms with Crippen LogP contribution >= 0.6 is 11.6 Å². The van der Waals surface area contributed by atoms with E-state index in [1.54, 1.807) is 6.20 Å². The summed E-state index contributed by atoms with van der Waals surface area (Å²) in [6.07, 6.45) is -1.84. The molecule has 0 aliphatic heterocycles. The van der Waals surface area contributed by atoms with Crippen LogP contribution in [0.15, 0.2) is 36.7 Å². The van der Waals surface area contributed by atoms with E-state index in [4.69, 9.17) is 11.6 Å². The topological polar surface area (TPSA) is 59.8 Å². The molecule has 25 heavy (non-hydrogen) atoms. The zero-order valence-electron chi connectivity index (χ0n) is 12.9. The number of halogens is 4. The monoisotopic (exact) mass is 368 g/mol. The number of benzene rings is 1. The molecule has 0 atom stereocenters. The molecule has 0 aliphatic carbocycles. The van der Waals surface area contributed by atoms with Gasteiger partial charge in [0.25, 0.3) is 0 Å². The Kier molecular flexibility index (Phi) is 4.38. The number of alkyl halides is 3. The van der Waals surface area contributed by atoms with Gasteiger partial charge < -0.3 is 9.88 Å². The van der Waals surface area contributed by atoms with Crippen LogP contribution in [-0.2, 0) is 18.4 Å².